The number of rotatable bonds is 4. The second kappa shape index (κ2) is 11.4. The number of carbonyl (C=O) groups is 1. The zero-order chi connectivity index (χ0) is 30.1. The fourth-order valence-corrected chi connectivity index (χ4v) is 4.40. The Bertz CT molecular complexity index is 1680. The fourth-order valence-electron chi connectivity index (χ4n) is 4.40. The van der Waals surface area contributed by atoms with Gasteiger partial charge in [0, 0.05) is 62.6 Å². The van der Waals surface area contributed by atoms with Crippen molar-refractivity contribution in [3.8, 4) is 11.8 Å². The van der Waals surface area contributed by atoms with Crippen molar-refractivity contribution in [1.29, 1.82) is 0 Å². The maximum atomic E-state index is 13.9. The molecule has 1 saturated heterocycles. The Hall–Kier alpha value is -4.48. The topological polar surface area (TPSA) is 78.7 Å². The molecule has 3 aromatic heterocycles. The Labute approximate surface area is 236 Å². The lowest BCUT2D eigenvalue weighted by atomic mass is 10.0. The van der Waals surface area contributed by atoms with Crippen LogP contribution in [0.25, 0.3) is 5.78 Å². The SMILES string of the molecule is CN1CCN(Cc2ccc(NC(=O)c3cncc(C#Cc4cnc5nc(C(F)(F)F)ccn45)c3)cc2C(F)(F)F)CC1. The molecule has 4 aromatic rings. The van der Waals surface area contributed by atoms with Crippen LogP contribution >= 0.6 is 0 Å². The summed E-state index contributed by atoms with van der Waals surface area (Å²) in [5.41, 5.74) is -1.22. The summed E-state index contributed by atoms with van der Waals surface area (Å²) >= 11 is 0. The van der Waals surface area contributed by atoms with Crippen LogP contribution < -0.4 is 5.32 Å². The molecule has 1 aromatic carbocycles. The number of carbonyl (C=O) groups excluding carboxylic acids is 1. The molecule has 42 heavy (non-hydrogen) atoms. The Morgan fingerprint density at radius 2 is 1.71 bits per heavy atom. The third kappa shape index (κ3) is 6.69. The van der Waals surface area contributed by atoms with E-state index in [1.54, 1.807) is 0 Å². The van der Waals surface area contributed by atoms with Gasteiger partial charge in [-0.3, -0.25) is 19.1 Å². The molecule has 0 aliphatic carbocycles. The van der Waals surface area contributed by atoms with Crippen LogP contribution in [0.5, 0.6) is 0 Å². The van der Waals surface area contributed by atoms with Crippen LogP contribution in [0, 0.1) is 11.8 Å². The van der Waals surface area contributed by atoms with E-state index in [-0.39, 0.29) is 40.4 Å². The third-order valence-corrected chi connectivity index (χ3v) is 6.67. The number of likely N-dealkylation sites (N-methyl/N-ethyl adjacent to an activating group) is 1. The molecule has 1 aliphatic heterocycles. The number of piperazine rings is 1. The summed E-state index contributed by atoms with van der Waals surface area (Å²) in [6.45, 7) is 3.00. The highest BCUT2D eigenvalue weighted by Crippen LogP contribution is 2.35. The average molecular weight is 588 g/mol. The minimum absolute atomic E-state index is 0.0256. The lowest BCUT2D eigenvalue weighted by Gasteiger charge is -2.33. The summed E-state index contributed by atoms with van der Waals surface area (Å²) in [4.78, 5) is 28.3. The number of hydrogen-bond donors (Lipinski definition) is 1. The number of imidazole rings is 1. The van der Waals surface area contributed by atoms with E-state index < -0.39 is 29.5 Å². The van der Waals surface area contributed by atoms with Gasteiger partial charge in [0.15, 0.2) is 0 Å². The molecule has 0 saturated carbocycles. The molecule has 0 radical (unpaired) electrons. The van der Waals surface area contributed by atoms with E-state index in [0.717, 1.165) is 31.4 Å². The van der Waals surface area contributed by atoms with Gasteiger partial charge < -0.3 is 10.2 Å². The van der Waals surface area contributed by atoms with Crippen molar-refractivity contribution in [3.05, 3.63) is 88.8 Å². The van der Waals surface area contributed by atoms with Crippen molar-refractivity contribution in [2.24, 2.45) is 0 Å². The van der Waals surface area contributed by atoms with Crippen LogP contribution in [0.15, 0.2) is 55.1 Å². The maximum absolute atomic E-state index is 13.9. The van der Waals surface area contributed by atoms with Crippen LogP contribution in [0.2, 0.25) is 0 Å². The summed E-state index contributed by atoms with van der Waals surface area (Å²) in [6.07, 6.45) is -4.22. The summed E-state index contributed by atoms with van der Waals surface area (Å²) in [5.74, 6) is 4.63. The van der Waals surface area contributed by atoms with Gasteiger partial charge >= 0.3 is 12.4 Å². The minimum Gasteiger partial charge on any atom is -0.322 e. The monoisotopic (exact) mass is 587 g/mol. The molecule has 14 heteroatoms. The van der Waals surface area contributed by atoms with Crippen molar-refractivity contribution >= 4 is 17.4 Å². The van der Waals surface area contributed by atoms with Crippen LogP contribution in [0.1, 0.15) is 38.4 Å². The van der Waals surface area contributed by atoms with Gasteiger partial charge in [0.05, 0.1) is 17.3 Å². The van der Waals surface area contributed by atoms with Crippen molar-refractivity contribution in [2.45, 2.75) is 18.9 Å². The number of fused-ring (bicyclic) bond motifs is 1. The zero-order valence-electron chi connectivity index (χ0n) is 22.1. The third-order valence-electron chi connectivity index (χ3n) is 6.67. The Morgan fingerprint density at radius 1 is 0.952 bits per heavy atom. The first-order valence-electron chi connectivity index (χ1n) is 12.7. The van der Waals surface area contributed by atoms with E-state index in [0.29, 0.717) is 13.1 Å². The minimum atomic E-state index is -4.62. The molecule has 0 unspecified atom stereocenters. The lowest BCUT2D eigenvalue weighted by molar-refractivity contribution is -0.141. The molecule has 1 N–H and O–H groups in total. The van der Waals surface area contributed by atoms with Crippen molar-refractivity contribution in [1.82, 2.24) is 29.2 Å². The Morgan fingerprint density at radius 3 is 2.43 bits per heavy atom. The number of alkyl halides is 6. The largest absolute Gasteiger partial charge is 0.433 e. The van der Waals surface area contributed by atoms with Crippen LogP contribution in [-0.2, 0) is 18.9 Å². The molecular formula is C28H23F6N7O. The quantitative estimate of drug-likeness (QED) is 0.279. The molecule has 0 spiro atoms. The number of halogens is 6. The summed E-state index contributed by atoms with van der Waals surface area (Å²) in [5, 5.41) is 2.48. The molecule has 0 bridgehead atoms. The smallest absolute Gasteiger partial charge is 0.322 e. The first kappa shape index (κ1) is 29.0. The molecular weight excluding hydrogens is 564 g/mol. The molecule has 1 aliphatic rings. The van der Waals surface area contributed by atoms with Gasteiger partial charge in [-0.05, 0) is 42.8 Å². The van der Waals surface area contributed by atoms with E-state index >= 15 is 0 Å². The van der Waals surface area contributed by atoms with Crippen molar-refractivity contribution in [3.63, 3.8) is 0 Å². The lowest BCUT2D eigenvalue weighted by Crippen LogP contribution is -2.44. The summed E-state index contributed by atoms with van der Waals surface area (Å²) < 4.78 is 81.7. The number of nitrogens with zero attached hydrogens (tertiary/aromatic N) is 6. The van der Waals surface area contributed by atoms with Gasteiger partial charge in [0.25, 0.3) is 5.91 Å². The average Bonchev–Trinajstić information content (AvgIpc) is 3.35. The zero-order valence-corrected chi connectivity index (χ0v) is 22.1. The van der Waals surface area contributed by atoms with E-state index in [9.17, 15) is 31.1 Å². The second-order valence-corrected chi connectivity index (χ2v) is 9.74. The molecule has 4 heterocycles. The number of aromatic nitrogens is 4. The van der Waals surface area contributed by atoms with E-state index in [1.807, 2.05) is 11.9 Å². The van der Waals surface area contributed by atoms with Gasteiger partial charge in [-0.2, -0.15) is 26.3 Å². The van der Waals surface area contributed by atoms with Gasteiger partial charge in [-0.1, -0.05) is 12.0 Å². The standard InChI is InChI=1S/C28H23F6N7O/c1-39-8-10-40(11-9-39)17-19-3-4-21(13-23(19)27(29,30)31)37-25(42)20-12-18(14-35-15-20)2-5-22-16-36-26-38-24(28(32,33)34)6-7-41(22)26/h3-4,6-7,12-16H,8-11,17H2,1H3,(H,37,42). The highest BCUT2D eigenvalue weighted by atomic mass is 19.4. The Kier molecular flexibility index (Phi) is 7.89. The molecule has 5 rings (SSSR count). The first-order chi connectivity index (χ1) is 19.9. The van der Waals surface area contributed by atoms with Crippen LogP contribution in [0.3, 0.4) is 0 Å². The summed E-state index contributed by atoms with van der Waals surface area (Å²) in [6, 6.07) is 5.92. The maximum Gasteiger partial charge on any atom is 0.433 e. The number of pyridine rings is 1. The molecule has 1 fully saturated rings. The van der Waals surface area contributed by atoms with Crippen LogP contribution in [0.4, 0.5) is 32.0 Å². The van der Waals surface area contributed by atoms with Crippen molar-refractivity contribution < 1.29 is 31.1 Å². The number of nitrogens with one attached hydrogen (secondary N) is 1. The highest BCUT2D eigenvalue weighted by molar-refractivity contribution is 6.04. The van der Waals surface area contributed by atoms with Gasteiger partial charge in [0.2, 0.25) is 5.78 Å². The van der Waals surface area contributed by atoms with Gasteiger partial charge in [-0.25, -0.2) is 9.97 Å². The van der Waals surface area contributed by atoms with Gasteiger partial charge in [-0.15, -0.1) is 0 Å². The number of amides is 1. The number of hydrogen-bond acceptors (Lipinski definition) is 6. The number of benzene rings is 1. The van der Waals surface area contributed by atoms with Crippen LogP contribution in [-0.4, -0.2) is 68.3 Å². The van der Waals surface area contributed by atoms with Crippen molar-refractivity contribution in [2.75, 3.05) is 38.5 Å². The van der Waals surface area contributed by atoms with E-state index in [1.165, 1.54) is 41.2 Å². The summed E-state index contributed by atoms with van der Waals surface area (Å²) in [7, 11) is 1.96. The highest BCUT2D eigenvalue weighted by Gasteiger charge is 2.35. The molecule has 1 amide bonds. The first-order valence-corrected chi connectivity index (χ1v) is 12.7. The van der Waals surface area contributed by atoms with E-state index in [2.05, 4.69) is 37.0 Å². The predicted molar refractivity (Wildman–Crippen MR) is 140 cm³/mol. The van der Waals surface area contributed by atoms with E-state index in [4.69, 9.17) is 0 Å². The Balaban J connectivity index is 1.32. The van der Waals surface area contributed by atoms with Gasteiger partial charge in [0.1, 0.15) is 11.4 Å². The number of anilines is 1. The molecule has 0 atom stereocenters. The molecule has 8 nitrogen and oxygen atoms in total. The second-order valence-electron chi connectivity index (χ2n) is 9.74. The molecule has 218 valence electrons. The normalized spacial score (nSPS) is 14.9. The predicted octanol–water partition coefficient (Wildman–Crippen LogP) is 4.56. The fraction of sp³-hybridized carbons (Fsp3) is 0.286.